The first-order valence-corrected chi connectivity index (χ1v) is 15.1. The van der Waals surface area contributed by atoms with Crippen molar-refractivity contribution in [1.82, 2.24) is 3.97 Å². The van der Waals surface area contributed by atoms with Crippen molar-refractivity contribution in [2.75, 3.05) is 0 Å². The van der Waals surface area contributed by atoms with E-state index in [-0.39, 0.29) is 16.4 Å². The highest BCUT2D eigenvalue weighted by Crippen LogP contribution is 2.41. The smallest absolute Gasteiger partial charge is 0.268 e. The van der Waals surface area contributed by atoms with E-state index in [1.54, 1.807) is 42.6 Å². The summed E-state index contributed by atoms with van der Waals surface area (Å²) in [5.41, 5.74) is 1.22. The van der Waals surface area contributed by atoms with Gasteiger partial charge in [-0.05, 0) is 70.6 Å². The SMILES string of the molecule is CC(C)(C)[Si](C)(C)Oc1ccc2c(c(CC=O)cn2S(=O)(=O)c2ccccc2)c1I. The molecule has 2 aromatic carbocycles. The number of hydrogen-bond donors (Lipinski definition) is 0. The number of hydrogen-bond acceptors (Lipinski definition) is 4. The van der Waals surface area contributed by atoms with E-state index in [1.165, 1.54) is 3.97 Å². The molecule has 0 bridgehead atoms. The number of carbonyl (C=O) groups excluding carboxylic acids is 1. The quantitative estimate of drug-likeness (QED) is 0.226. The minimum atomic E-state index is -3.79. The lowest BCUT2D eigenvalue weighted by molar-refractivity contribution is -0.107. The third-order valence-electron chi connectivity index (χ3n) is 5.69. The number of aromatic nitrogens is 1. The van der Waals surface area contributed by atoms with Gasteiger partial charge in [-0.15, -0.1) is 0 Å². The molecular weight excluding hydrogens is 529 g/mol. The highest BCUT2D eigenvalue weighted by Gasteiger charge is 2.39. The standard InChI is InChI=1S/C22H26INO4SSi/c1-22(2,3)30(4,5)28-19-12-11-18-20(21(19)23)16(13-14-25)15-24(18)29(26,27)17-9-7-6-8-10-17/h6-12,14-15H,13H2,1-5H3. The van der Waals surface area contributed by atoms with Gasteiger partial charge in [-0.2, -0.15) is 0 Å². The fourth-order valence-electron chi connectivity index (χ4n) is 2.97. The second-order valence-electron chi connectivity index (χ2n) is 8.77. The van der Waals surface area contributed by atoms with Crippen LogP contribution in [-0.2, 0) is 21.2 Å². The van der Waals surface area contributed by atoms with Crippen LogP contribution in [0.2, 0.25) is 18.1 Å². The predicted molar refractivity (Wildman–Crippen MR) is 131 cm³/mol. The van der Waals surface area contributed by atoms with Gasteiger partial charge in [0.05, 0.1) is 14.0 Å². The first kappa shape index (κ1) is 23.0. The molecule has 30 heavy (non-hydrogen) atoms. The molecule has 0 radical (unpaired) electrons. The van der Waals surface area contributed by atoms with Crippen LogP contribution >= 0.6 is 22.6 Å². The molecule has 0 saturated heterocycles. The van der Waals surface area contributed by atoms with E-state index >= 15 is 0 Å². The molecule has 0 N–H and O–H groups in total. The Hall–Kier alpha value is -1.65. The summed E-state index contributed by atoms with van der Waals surface area (Å²) >= 11 is 2.20. The zero-order valence-corrected chi connectivity index (χ0v) is 21.7. The summed E-state index contributed by atoms with van der Waals surface area (Å²) in [6.07, 6.45) is 2.48. The summed E-state index contributed by atoms with van der Waals surface area (Å²) in [7, 11) is -5.87. The summed E-state index contributed by atoms with van der Waals surface area (Å²) < 4.78 is 35.1. The third-order valence-corrected chi connectivity index (χ3v) is 12.8. The Morgan fingerprint density at radius 3 is 2.30 bits per heavy atom. The van der Waals surface area contributed by atoms with Crippen LogP contribution in [0.5, 0.6) is 5.75 Å². The van der Waals surface area contributed by atoms with Crippen LogP contribution in [0.3, 0.4) is 0 Å². The molecule has 0 aliphatic rings. The molecule has 3 aromatic rings. The van der Waals surface area contributed by atoms with Gasteiger partial charge in [0.2, 0.25) is 0 Å². The Balaban J connectivity index is 2.23. The summed E-state index contributed by atoms with van der Waals surface area (Å²) in [4.78, 5) is 11.5. The highest BCUT2D eigenvalue weighted by molar-refractivity contribution is 14.1. The van der Waals surface area contributed by atoms with Gasteiger partial charge in [-0.25, -0.2) is 12.4 Å². The molecule has 8 heteroatoms. The van der Waals surface area contributed by atoms with E-state index in [1.807, 2.05) is 6.07 Å². The molecule has 3 rings (SSSR count). The second kappa shape index (κ2) is 8.12. The normalized spacial score (nSPS) is 12.9. The van der Waals surface area contributed by atoms with Crippen molar-refractivity contribution in [3.63, 3.8) is 0 Å². The highest BCUT2D eigenvalue weighted by atomic mass is 127. The number of carbonyl (C=O) groups is 1. The molecule has 0 saturated carbocycles. The average molecular weight is 556 g/mol. The van der Waals surface area contributed by atoms with E-state index in [0.29, 0.717) is 11.1 Å². The average Bonchev–Trinajstić information content (AvgIpc) is 3.04. The second-order valence-corrected chi connectivity index (χ2v) is 16.4. The molecule has 0 fully saturated rings. The van der Waals surface area contributed by atoms with Crippen molar-refractivity contribution in [2.45, 2.75) is 50.2 Å². The minimum Gasteiger partial charge on any atom is -0.543 e. The Bertz CT molecular complexity index is 1200. The van der Waals surface area contributed by atoms with E-state index in [2.05, 4.69) is 56.5 Å². The van der Waals surface area contributed by atoms with Crippen molar-refractivity contribution < 1.29 is 17.6 Å². The van der Waals surface area contributed by atoms with E-state index in [0.717, 1.165) is 21.0 Å². The van der Waals surface area contributed by atoms with E-state index < -0.39 is 18.3 Å². The van der Waals surface area contributed by atoms with Gasteiger partial charge in [0.15, 0.2) is 0 Å². The van der Waals surface area contributed by atoms with Crippen LogP contribution in [0.1, 0.15) is 26.3 Å². The van der Waals surface area contributed by atoms with Crippen LogP contribution in [-0.4, -0.2) is 27.0 Å². The fourth-order valence-corrected chi connectivity index (χ4v) is 6.52. The molecule has 160 valence electrons. The van der Waals surface area contributed by atoms with Crippen molar-refractivity contribution in [3.8, 4) is 5.75 Å². The fraction of sp³-hybridized carbons (Fsp3) is 0.318. The van der Waals surface area contributed by atoms with Crippen LogP contribution < -0.4 is 4.43 Å². The topological polar surface area (TPSA) is 65.4 Å². The number of nitrogens with zero attached hydrogens (tertiary/aromatic N) is 1. The van der Waals surface area contributed by atoms with Crippen molar-refractivity contribution in [1.29, 1.82) is 0 Å². The molecule has 1 aromatic heterocycles. The van der Waals surface area contributed by atoms with Crippen LogP contribution in [0.25, 0.3) is 10.9 Å². The largest absolute Gasteiger partial charge is 0.543 e. The zero-order chi connectivity index (χ0) is 22.3. The Morgan fingerprint density at radius 1 is 1.10 bits per heavy atom. The van der Waals surface area contributed by atoms with Gasteiger partial charge in [-0.1, -0.05) is 39.0 Å². The predicted octanol–water partition coefficient (Wildman–Crippen LogP) is 5.61. The third kappa shape index (κ3) is 4.09. The van der Waals surface area contributed by atoms with Gasteiger partial charge >= 0.3 is 0 Å². The summed E-state index contributed by atoms with van der Waals surface area (Å²) in [6.45, 7) is 10.9. The van der Waals surface area contributed by atoms with Crippen molar-refractivity contribution in [2.24, 2.45) is 0 Å². The lowest BCUT2D eigenvalue weighted by atomic mass is 10.1. The Labute approximate surface area is 192 Å². The molecular formula is C22H26INO4SSi. The molecule has 0 aliphatic carbocycles. The maximum atomic E-state index is 13.3. The van der Waals surface area contributed by atoms with Crippen LogP contribution in [0.4, 0.5) is 0 Å². The molecule has 0 unspecified atom stereocenters. The lowest BCUT2D eigenvalue weighted by Gasteiger charge is -2.36. The van der Waals surface area contributed by atoms with Crippen LogP contribution in [0, 0.1) is 3.57 Å². The van der Waals surface area contributed by atoms with Gasteiger partial charge in [0.25, 0.3) is 18.3 Å². The number of rotatable bonds is 6. The Morgan fingerprint density at radius 2 is 1.73 bits per heavy atom. The number of fused-ring (bicyclic) bond motifs is 1. The molecule has 5 nitrogen and oxygen atoms in total. The van der Waals surface area contributed by atoms with Gasteiger partial charge in [-0.3, -0.25) is 0 Å². The maximum absolute atomic E-state index is 13.3. The zero-order valence-electron chi connectivity index (χ0n) is 17.8. The van der Waals surface area contributed by atoms with Crippen molar-refractivity contribution in [3.05, 3.63) is 57.8 Å². The van der Waals surface area contributed by atoms with Gasteiger partial charge in [0, 0.05) is 18.0 Å². The first-order valence-electron chi connectivity index (χ1n) is 9.66. The maximum Gasteiger partial charge on any atom is 0.268 e. The van der Waals surface area contributed by atoms with Gasteiger partial charge < -0.3 is 9.22 Å². The summed E-state index contributed by atoms with van der Waals surface area (Å²) in [5, 5.41) is 0.776. The van der Waals surface area contributed by atoms with E-state index in [4.69, 9.17) is 4.43 Å². The monoisotopic (exact) mass is 555 g/mol. The molecule has 0 aliphatic heterocycles. The van der Waals surface area contributed by atoms with Gasteiger partial charge in [0.1, 0.15) is 12.0 Å². The lowest BCUT2D eigenvalue weighted by Crippen LogP contribution is -2.44. The number of halogens is 1. The summed E-state index contributed by atoms with van der Waals surface area (Å²) in [6, 6.07) is 11.9. The molecule has 0 spiro atoms. The van der Waals surface area contributed by atoms with Crippen LogP contribution in [0.15, 0.2) is 53.6 Å². The molecule has 0 amide bonds. The number of benzene rings is 2. The Kier molecular flexibility index (Phi) is 6.23. The minimum absolute atomic E-state index is 0.0270. The van der Waals surface area contributed by atoms with E-state index in [9.17, 15) is 13.2 Å². The van der Waals surface area contributed by atoms with Crippen molar-refractivity contribution >= 4 is 58.1 Å². The first-order chi connectivity index (χ1) is 13.9. The number of aldehydes is 1. The molecule has 0 atom stereocenters. The molecule has 1 heterocycles. The summed E-state index contributed by atoms with van der Waals surface area (Å²) in [5.74, 6) is 0.733.